The summed E-state index contributed by atoms with van der Waals surface area (Å²) in [4.78, 5) is 10.2. The summed E-state index contributed by atoms with van der Waals surface area (Å²) < 4.78 is 0. The van der Waals surface area contributed by atoms with Crippen LogP contribution in [0.2, 0.25) is 5.02 Å². The molecule has 0 spiro atoms. The topological polar surface area (TPSA) is 55.0 Å². The third-order valence-electron chi connectivity index (χ3n) is 2.21. The molecule has 0 fully saturated rings. The van der Waals surface area contributed by atoms with Gasteiger partial charge in [-0.05, 0) is 6.42 Å². The lowest BCUT2D eigenvalue weighted by Crippen LogP contribution is -2.38. The Morgan fingerprint density at radius 3 is 2.50 bits per heavy atom. The van der Waals surface area contributed by atoms with Gasteiger partial charge in [-0.3, -0.25) is 0 Å². The average molecular weight is 215 g/mol. The van der Waals surface area contributed by atoms with Crippen LogP contribution in [0.15, 0.2) is 12.4 Å². The fourth-order valence-corrected chi connectivity index (χ4v) is 1.35. The van der Waals surface area contributed by atoms with Crippen molar-refractivity contribution in [3.8, 4) is 0 Å². The number of hydrogen-bond donors (Lipinski definition) is 1. The maximum atomic E-state index is 5.70. The Morgan fingerprint density at radius 1 is 1.50 bits per heavy atom. The predicted octanol–water partition coefficient (Wildman–Crippen LogP) is 1.30. The molecule has 1 atom stereocenters. The summed E-state index contributed by atoms with van der Waals surface area (Å²) in [5.74, 6) is 0.659. The highest BCUT2D eigenvalue weighted by Gasteiger charge is 2.13. The Labute approximate surface area is 89.1 Å². The Balaban J connectivity index is 2.77. The predicted molar refractivity (Wildman–Crippen MR) is 58.6 cm³/mol. The van der Waals surface area contributed by atoms with Crippen molar-refractivity contribution >= 4 is 17.5 Å². The first-order valence-corrected chi connectivity index (χ1v) is 4.97. The molecule has 4 nitrogen and oxygen atoms in total. The summed E-state index contributed by atoms with van der Waals surface area (Å²) in [5.41, 5.74) is 5.63. The second-order valence-electron chi connectivity index (χ2n) is 3.11. The minimum absolute atomic E-state index is 0.274. The van der Waals surface area contributed by atoms with Crippen molar-refractivity contribution in [3.05, 3.63) is 17.4 Å². The molecule has 78 valence electrons. The van der Waals surface area contributed by atoms with E-state index < -0.39 is 0 Å². The van der Waals surface area contributed by atoms with Crippen LogP contribution in [-0.4, -0.2) is 29.6 Å². The minimum Gasteiger partial charge on any atom is -0.340 e. The van der Waals surface area contributed by atoms with E-state index in [-0.39, 0.29) is 6.04 Å². The summed E-state index contributed by atoms with van der Waals surface area (Å²) >= 11 is 5.70. The first-order chi connectivity index (χ1) is 6.69. The van der Waals surface area contributed by atoms with Crippen LogP contribution in [-0.2, 0) is 0 Å². The van der Waals surface area contributed by atoms with E-state index in [0.29, 0.717) is 17.5 Å². The fourth-order valence-electron chi connectivity index (χ4n) is 1.25. The van der Waals surface area contributed by atoms with E-state index in [9.17, 15) is 0 Å². The van der Waals surface area contributed by atoms with Crippen LogP contribution in [0.25, 0.3) is 0 Å². The smallest absolute Gasteiger partial charge is 0.225 e. The van der Waals surface area contributed by atoms with Crippen molar-refractivity contribution in [1.82, 2.24) is 9.97 Å². The molecular formula is C9H15ClN4. The van der Waals surface area contributed by atoms with E-state index in [1.165, 1.54) is 0 Å². The Bertz CT molecular complexity index is 271. The van der Waals surface area contributed by atoms with Gasteiger partial charge in [0.2, 0.25) is 5.95 Å². The van der Waals surface area contributed by atoms with Gasteiger partial charge in [0, 0.05) is 19.6 Å². The normalized spacial score (nSPS) is 12.6. The van der Waals surface area contributed by atoms with E-state index >= 15 is 0 Å². The molecule has 1 aromatic heterocycles. The third-order valence-corrected chi connectivity index (χ3v) is 2.41. The van der Waals surface area contributed by atoms with Gasteiger partial charge in [0.15, 0.2) is 0 Å². The van der Waals surface area contributed by atoms with E-state index in [1.807, 2.05) is 11.9 Å². The van der Waals surface area contributed by atoms with E-state index in [4.69, 9.17) is 17.3 Å². The van der Waals surface area contributed by atoms with Crippen LogP contribution in [0.4, 0.5) is 5.95 Å². The molecule has 0 aliphatic carbocycles. The summed E-state index contributed by atoms with van der Waals surface area (Å²) in [6.07, 6.45) is 4.15. The zero-order chi connectivity index (χ0) is 10.6. The van der Waals surface area contributed by atoms with Gasteiger partial charge < -0.3 is 10.6 Å². The van der Waals surface area contributed by atoms with Gasteiger partial charge in [-0.2, -0.15) is 0 Å². The molecule has 1 rings (SSSR count). The standard InChI is InChI=1S/C9H15ClN4/c1-3-8(4-11)14(2)9-12-5-7(10)6-13-9/h5-6,8H,3-4,11H2,1-2H3. The molecule has 0 saturated heterocycles. The van der Waals surface area contributed by atoms with Crippen LogP contribution in [0.1, 0.15) is 13.3 Å². The number of nitrogens with zero attached hydrogens (tertiary/aromatic N) is 3. The van der Waals surface area contributed by atoms with Crippen molar-refractivity contribution in [1.29, 1.82) is 0 Å². The van der Waals surface area contributed by atoms with E-state index in [1.54, 1.807) is 12.4 Å². The van der Waals surface area contributed by atoms with Crippen molar-refractivity contribution in [2.24, 2.45) is 5.73 Å². The number of rotatable bonds is 4. The highest BCUT2D eigenvalue weighted by molar-refractivity contribution is 6.30. The first kappa shape index (κ1) is 11.2. The lowest BCUT2D eigenvalue weighted by atomic mass is 10.2. The zero-order valence-electron chi connectivity index (χ0n) is 8.44. The molecule has 5 heteroatoms. The van der Waals surface area contributed by atoms with Gasteiger partial charge >= 0.3 is 0 Å². The van der Waals surface area contributed by atoms with Gasteiger partial charge in [0.25, 0.3) is 0 Å². The number of hydrogen-bond acceptors (Lipinski definition) is 4. The SMILES string of the molecule is CCC(CN)N(C)c1ncc(Cl)cn1. The van der Waals surface area contributed by atoms with Gasteiger partial charge in [0.05, 0.1) is 17.4 Å². The summed E-state index contributed by atoms with van der Waals surface area (Å²) in [6, 6.07) is 0.274. The second-order valence-corrected chi connectivity index (χ2v) is 3.55. The molecule has 0 amide bonds. The van der Waals surface area contributed by atoms with Crippen LogP contribution in [0.5, 0.6) is 0 Å². The molecule has 0 saturated carbocycles. The molecule has 1 heterocycles. The zero-order valence-corrected chi connectivity index (χ0v) is 9.20. The van der Waals surface area contributed by atoms with Crippen LogP contribution in [0, 0.1) is 0 Å². The molecule has 0 radical (unpaired) electrons. The number of nitrogens with two attached hydrogens (primary N) is 1. The van der Waals surface area contributed by atoms with E-state index in [0.717, 1.165) is 6.42 Å². The summed E-state index contributed by atoms with van der Waals surface area (Å²) in [5, 5.41) is 0.544. The second kappa shape index (κ2) is 5.12. The monoisotopic (exact) mass is 214 g/mol. The Kier molecular flexibility index (Phi) is 4.10. The van der Waals surface area contributed by atoms with Gasteiger partial charge in [0.1, 0.15) is 0 Å². The highest BCUT2D eigenvalue weighted by Crippen LogP contribution is 2.12. The third kappa shape index (κ3) is 2.56. The molecule has 0 aromatic carbocycles. The Morgan fingerprint density at radius 2 is 2.07 bits per heavy atom. The van der Waals surface area contributed by atoms with Gasteiger partial charge in [-0.25, -0.2) is 9.97 Å². The van der Waals surface area contributed by atoms with Crippen molar-refractivity contribution in [3.63, 3.8) is 0 Å². The minimum atomic E-state index is 0.274. The molecule has 14 heavy (non-hydrogen) atoms. The molecular weight excluding hydrogens is 200 g/mol. The number of aromatic nitrogens is 2. The van der Waals surface area contributed by atoms with Crippen LogP contribution < -0.4 is 10.6 Å². The summed E-state index contributed by atoms with van der Waals surface area (Å²) in [7, 11) is 1.93. The number of anilines is 1. The number of likely N-dealkylation sites (N-methyl/N-ethyl adjacent to an activating group) is 1. The van der Waals surface area contributed by atoms with Crippen LogP contribution in [0.3, 0.4) is 0 Å². The maximum absolute atomic E-state index is 5.70. The largest absolute Gasteiger partial charge is 0.340 e. The quantitative estimate of drug-likeness (QED) is 0.821. The first-order valence-electron chi connectivity index (χ1n) is 4.59. The molecule has 1 aromatic rings. The van der Waals surface area contributed by atoms with Crippen molar-refractivity contribution in [2.45, 2.75) is 19.4 Å². The van der Waals surface area contributed by atoms with Crippen molar-refractivity contribution < 1.29 is 0 Å². The van der Waals surface area contributed by atoms with Crippen molar-refractivity contribution in [2.75, 3.05) is 18.5 Å². The van der Waals surface area contributed by atoms with Gasteiger partial charge in [-0.15, -0.1) is 0 Å². The highest BCUT2D eigenvalue weighted by atomic mass is 35.5. The molecule has 0 bridgehead atoms. The maximum Gasteiger partial charge on any atom is 0.225 e. The molecule has 0 aliphatic heterocycles. The lowest BCUT2D eigenvalue weighted by Gasteiger charge is -2.25. The average Bonchev–Trinajstić information content (AvgIpc) is 2.20. The van der Waals surface area contributed by atoms with Crippen LogP contribution >= 0.6 is 11.6 Å². The Hall–Kier alpha value is -0.870. The fraction of sp³-hybridized carbons (Fsp3) is 0.556. The lowest BCUT2D eigenvalue weighted by molar-refractivity contribution is 0.607. The number of halogens is 1. The van der Waals surface area contributed by atoms with Gasteiger partial charge in [-0.1, -0.05) is 18.5 Å². The molecule has 2 N–H and O–H groups in total. The summed E-state index contributed by atoms with van der Waals surface area (Å²) in [6.45, 7) is 2.68. The van der Waals surface area contributed by atoms with E-state index in [2.05, 4.69) is 16.9 Å². The molecule has 1 unspecified atom stereocenters. The molecule has 0 aliphatic rings.